The second kappa shape index (κ2) is 6.40. The Morgan fingerprint density at radius 2 is 2.05 bits per heavy atom. The molecule has 0 bridgehead atoms. The van der Waals surface area contributed by atoms with Crippen LogP contribution in [0, 0.1) is 0 Å². The zero-order chi connectivity index (χ0) is 15.5. The molecule has 3 N–H and O–H groups in total. The van der Waals surface area contributed by atoms with Crippen molar-refractivity contribution in [1.82, 2.24) is 4.90 Å². The number of anilines is 1. The highest BCUT2D eigenvalue weighted by Crippen LogP contribution is 2.26. The number of halogens is 1. The molecule has 1 heterocycles. The summed E-state index contributed by atoms with van der Waals surface area (Å²) in [5.74, 6) is 0. The van der Waals surface area contributed by atoms with Gasteiger partial charge in [-0.15, -0.1) is 0 Å². The number of carbonyl (C=O) groups is 1. The van der Waals surface area contributed by atoms with Crippen LogP contribution in [0.2, 0.25) is 0 Å². The lowest BCUT2D eigenvalue weighted by atomic mass is 10.0. The maximum Gasteiger partial charge on any atom is 0.315 e. The molecular formula is C17H18BrN3O. The summed E-state index contributed by atoms with van der Waals surface area (Å²) in [6, 6.07) is 15.9. The summed E-state index contributed by atoms with van der Waals surface area (Å²) < 4.78 is 0.999. The van der Waals surface area contributed by atoms with Gasteiger partial charge in [0.2, 0.25) is 0 Å². The average Bonchev–Trinajstić information content (AvgIpc) is 2.68. The molecule has 5 heteroatoms. The van der Waals surface area contributed by atoms with Crippen molar-refractivity contribution in [3.05, 3.63) is 64.1 Å². The van der Waals surface area contributed by atoms with Crippen LogP contribution in [0.5, 0.6) is 0 Å². The lowest BCUT2D eigenvalue weighted by Crippen LogP contribution is -2.46. The third-order valence-corrected chi connectivity index (χ3v) is 4.47. The van der Waals surface area contributed by atoms with E-state index in [0.29, 0.717) is 13.1 Å². The Labute approximate surface area is 138 Å². The summed E-state index contributed by atoms with van der Waals surface area (Å²) in [5.41, 5.74) is 8.96. The molecule has 1 aliphatic heterocycles. The molecule has 2 aromatic rings. The molecule has 0 saturated heterocycles. The van der Waals surface area contributed by atoms with Gasteiger partial charge in [-0.3, -0.25) is 0 Å². The normalized spacial score (nSPS) is 17.3. The molecule has 1 atom stereocenters. The molecule has 4 nitrogen and oxygen atoms in total. The van der Waals surface area contributed by atoms with Crippen LogP contribution in [0.15, 0.2) is 53.0 Å². The number of benzene rings is 2. The van der Waals surface area contributed by atoms with Gasteiger partial charge >= 0.3 is 6.03 Å². The molecule has 0 aromatic heterocycles. The standard InChI is InChI=1S/C17H18BrN3O/c18-14-6-7-16-13(9-14)11-21(17(19)22)15(10-20-16)8-12-4-2-1-3-5-12/h1-7,9,15,20H,8,10-11H2,(H2,19,22). The summed E-state index contributed by atoms with van der Waals surface area (Å²) >= 11 is 3.48. The summed E-state index contributed by atoms with van der Waals surface area (Å²) in [6.07, 6.45) is 0.784. The fraction of sp³-hybridized carbons (Fsp3) is 0.235. The van der Waals surface area contributed by atoms with E-state index in [-0.39, 0.29) is 12.1 Å². The van der Waals surface area contributed by atoms with Gasteiger partial charge in [0, 0.05) is 23.2 Å². The van der Waals surface area contributed by atoms with Crippen molar-refractivity contribution >= 4 is 27.6 Å². The number of hydrogen-bond donors (Lipinski definition) is 2. The first-order chi connectivity index (χ1) is 10.6. The fourth-order valence-corrected chi connectivity index (χ4v) is 3.25. The monoisotopic (exact) mass is 359 g/mol. The van der Waals surface area contributed by atoms with Crippen LogP contribution < -0.4 is 11.1 Å². The van der Waals surface area contributed by atoms with E-state index in [1.54, 1.807) is 4.90 Å². The molecule has 2 aromatic carbocycles. The van der Waals surface area contributed by atoms with Crippen molar-refractivity contribution in [3.8, 4) is 0 Å². The lowest BCUT2D eigenvalue weighted by molar-refractivity contribution is 0.184. The van der Waals surface area contributed by atoms with Crippen molar-refractivity contribution < 1.29 is 4.79 Å². The molecule has 0 fully saturated rings. The number of nitrogens with zero attached hydrogens (tertiary/aromatic N) is 1. The highest BCUT2D eigenvalue weighted by atomic mass is 79.9. The van der Waals surface area contributed by atoms with Crippen molar-refractivity contribution in [2.45, 2.75) is 19.0 Å². The van der Waals surface area contributed by atoms with Gasteiger partial charge in [0.25, 0.3) is 0 Å². The van der Waals surface area contributed by atoms with Gasteiger partial charge in [-0.2, -0.15) is 0 Å². The average molecular weight is 360 g/mol. The number of primary amides is 1. The van der Waals surface area contributed by atoms with Crippen LogP contribution >= 0.6 is 15.9 Å². The Morgan fingerprint density at radius 1 is 1.27 bits per heavy atom. The minimum atomic E-state index is -0.379. The van der Waals surface area contributed by atoms with Crippen LogP contribution in [-0.4, -0.2) is 23.5 Å². The first kappa shape index (κ1) is 14.9. The number of nitrogens with two attached hydrogens (primary N) is 1. The van der Waals surface area contributed by atoms with Gasteiger partial charge in [0.05, 0.1) is 6.04 Å². The molecule has 0 saturated carbocycles. The Morgan fingerprint density at radius 3 is 2.77 bits per heavy atom. The molecule has 114 valence electrons. The van der Waals surface area contributed by atoms with Crippen LogP contribution in [0.25, 0.3) is 0 Å². The van der Waals surface area contributed by atoms with Crippen LogP contribution in [0.3, 0.4) is 0 Å². The Bertz CT molecular complexity index is 675. The number of hydrogen-bond acceptors (Lipinski definition) is 2. The van der Waals surface area contributed by atoms with Crippen molar-refractivity contribution in [1.29, 1.82) is 0 Å². The zero-order valence-electron chi connectivity index (χ0n) is 12.1. The maximum atomic E-state index is 11.9. The molecule has 1 aliphatic rings. The minimum absolute atomic E-state index is 0.0334. The van der Waals surface area contributed by atoms with Gasteiger partial charge in [-0.25, -0.2) is 4.79 Å². The molecule has 2 amide bonds. The minimum Gasteiger partial charge on any atom is -0.383 e. The summed E-state index contributed by atoms with van der Waals surface area (Å²) in [7, 11) is 0. The number of amides is 2. The van der Waals surface area contributed by atoms with Gasteiger partial charge in [-0.1, -0.05) is 46.3 Å². The Kier molecular flexibility index (Phi) is 4.34. The summed E-state index contributed by atoms with van der Waals surface area (Å²) in [5, 5.41) is 3.44. The second-order valence-electron chi connectivity index (χ2n) is 5.49. The molecule has 3 rings (SSSR count). The van der Waals surface area contributed by atoms with Crippen molar-refractivity contribution in [3.63, 3.8) is 0 Å². The highest BCUT2D eigenvalue weighted by Gasteiger charge is 2.26. The highest BCUT2D eigenvalue weighted by molar-refractivity contribution is 9.10. The number of carbonyl (C=O) groups excluding carboxylic acids is 1. The van der Waals surface area contributed by atoms with E-state index < -0.39 is 0 Å². The quantitative estimate of drug-likeness (QED) is 0.863. The van der Waals surface area contributed by atoms with Crippen LogP contribution in [-0.2, 0) is 13.0 Å². The van der Waals surface area contributed by atoms with Crippen LogP contribution in [0.4, 0.5) is 10.5 Å². The van der Waals surface area contributed by atoms with E-state index in [1.165, 1.54) is 5.56 Å². The predicted molar refractivity (Wildman–Crippen MR) is 91.7 cm³/mol. The molecule has 0 spiro atoms. The van der Waals surface area contributed by atoms with E-state index in [2.05, 4.69) is 33.4 Å². The van der Waals surface area contributed by atoms with E-state index >= 15 is 0 Å². The fourth-order valence-electron chi connectivity index (χ4n) is 2.84. The van der Waals surface area contributed by atoms with Gasteiger partial charge in [0.1, 0.15) is 0 Å². The maximum absolute atomic E-state index is 11.9. The molecule has 0 aliphatic carbocycles. The van der Waals surface area contributed by atoms with Gasteiger partial charge in [-0.05, 0) is 35.7 Å². The van der Waals surface area contributed by atoms with Gasteiger partial charge < -0.3 is 16.0 Å². The molecule has 0 radical (unpaired) electrons. The second-order valence-corrected chi connectivity index (χ2v) is 6.41. The first-order valence-corrected chi connectivity index (χ1v) is 8.05. The number of urea groups is 1. The van der Waals surface area contributed by atoms with E-state index in [1.807, 2.05) is 36.4 Å². The summed E-state index contributed by atoms with van der Waals surface area (Å²) in [6.45, 7) is 1.21. The zero-order valence-corrected chi connectivity index (χ0v) is 13.7. The largest absolute Gasteiger partial charge is 0.383 e. The Hall–Kier alpha value is -2.01. The van der Waals surface area contributed by atoms with Crippen molar-refractivity contribution in [2.24, 2.45) is 5.73 Å². The first-order valence-electron chi connectivity index (χ1n) is 7.26. The molecular weight excluding hydrogens is 342 g/mol. The van der Waals surface area contributed by atoms with E-state index in [4.69, 9.17) is 5.73 Å². The topological polar surface area (TPSA) is 58.4 Å². The number of fused-ring (bicyclic) bond motifs is 1. The Balaban J connectivity index is 1.87. The van der Waals surface area contributed by atoms with E-state index in [0.717, 1.165) is 22.1 Å². The number of rotatable bonds is 2. The number of nitrogens with one attached hydrogen (secondary N) is 1. The predicted octanol–water partition coefficient (Wildman–Crippen LogP) is 3.37. The lowest BCUT2D eigenvalue weighted by Gasteiger charge is -2.28. The van der Waals surface area contributed by atoms with Gasteiger partial charge in [0.15, 0.2) is 0 Å². The SMILES string of the molecule is NC(=O)N1Cc2cc(Br)ccc2NCC1Cc1ccccc1. The van der Waals surface area contributed by atoms with Crippen LogP contribution in [0.1, 0.15) is 11.1 Å². The molecule has 22 heavy (non-hydrogen) atoms. The molecule has 1 unspecified atom stereocenters. The third-order valence-electron chi connectivity index (χ3n) is 3.97. The third kappa shape index (κ3) is 3.25. The summed E-state index contributed by atoms with van der Waals surface area (Å²) in [4.78, 5) is 13.7. The van der Waals surface area contributed by atoms with Crippen molar-refractivity contribution in [2.75, 3.05) is 11.9 Å². The smallest absolute Gasteiger partial charge is 0.315 e. The van der Waals surface area contributed by atoms with E-state index in [9.17, 15) is 4.79 Å².